The Balaban J connectivity index is 1.90. The van der Waals surface area contributed by atoms with Crippen LogP contribution in [-0.2, 0) is 22.2 Å². The molecule has 2 aromatic rings. The number of ether oxygens (including phenoxy) is 1. The molecule has 0 aliphatic carbocycles. The van der Waals surface area contributed by atoms with Gasteiger partial charge in [-0.3, -0.25) is 4.79 Å². The Morgan fingerprint density at radius 3 is 2.06 bits per heavy atom. The van der Waals surface area contributed by atoms with Crippen molar-refractivity contribution in [1.82, 2.24) is 4.90 Å². The fraction of sp³-hybridized carbons (Fsp3) is 0.423. The molecule has 4 nitrogen and oxygen atoms in total. The molecule has 31 heavy (non-hydrogen) atoms. The highest BCUT2D eigenvalue weighted by Crippen LogP contribution is 2.41. The molecule has 0 spiro atoms. The number of phenols is 1. The van der Waals surface area contributed by atoms with Gasteiger partial charge in [-0.15, -0.1) is 0 Å². The van der Waals surface area contributed by atoms with E-state index in [4.69, 9.17) is 4.74 Å². The highest BCUT2D eigenvalue weighted by Gasteiger charge is 2.29. The predicted molar refractivity (Wildman–Crippen MR) is 129 cm³/mol. The number of aromatic hydroxyl groups is 1. The molecule has 2 aromatic carbocycles. The Morgan fingerprint density at radius 1 is 1.03 bits per heavy atom. The van der Waals surface area contributed by atoms with Gasteiger partial charge in [-0.1, -0.05) is 65.4 Å². The fourth-order valence-electron chi connectivity index (χ4n) is 3.63. The molecule has 3 rings (SSSR count). The first kappa shape index (κ1) is 23.3. The summed E-state index contributed by atoms with van der Waals surface area (Å²) < 4.78 is 5.21. The van der Waals surface area contributed by atoms with E-state index in [-0.39, 0.29) is 16.7 Å². The minimum absolute atomic E-state index is 0.0449. The van der Waals surface area contributed by atoms with E-state index in [0.717, 1.165) is 32.9 Å². The predicted octanol–water partition coefficient (Wildman–Crippen LogP) is 6.07. The maximum absolute atomic E-state index is 13.0. The van der Waals surface area contributed by atoms with Gasteiger partial charge in [0.15, 0.2) is 0 Å². The van der Waals surface area contributed by atoms with Crippen LogP contribution in [0.1, 0.15) is 63.8 Å². The van der Waals surface area contributed by atoms with Crippen molar-refractivity contribution in [2.24, 2.45) is 0 Å². The van der Waals surface area contributed by atoms with Gasteiger partial charge in [0.1, 0.15) is 11.5 Å². The molecule has 0 atom stereocenters. The molecule has 1 saturated heterocycles. The van der Waals surface area contributed by atoms with Crippen molar-refractivity contribution in [2.75, 3.05) is 13.0 Å². The van der Waals surface area contributed by atoms with Crippen molar-refractivity contribution in [3.8, 4) is 11.5 Å². The number of carbonyl (C=O) groups is 1. The third-order valence-corrected chi connectivity index (χ3v) is 6.50. The summed E-state index contributed by atoms with van der Waals surface area (Å²) in [6.45, 7) is 13.1. The second kappa shape index (κ2) is 8.62. The lowest BCUT2D eigenvalue weighted by Gasteiger charge is -2.28. The average molecular weight is 440 g/mol. The highest BCUT2D eigenvalue weighted by atomic mass is 32.2. The minimum Gasteiger partial charge on any atom is -0.507 e. The molecule has 166 valence electrons. The maximum Gasteiger partial charge on any atom is 0.261 e. The minimum atomic E-state index is -0.203. The summed E-state index contributed by atoms with van der Waals surface area (Å²) in [5.41, 5.74) is 3.42. The summed E-state index contributed by atoms with van der Waals surface area (Å²) in [7, 11) is 1.65. The Bertz CT molecular complexity index is 960. The first-order valence-corrected chi connectivity index (χ1v) is 11.5. The van der Waals surface area contributed by atoms with Crippen molar-refractivity contribution < 1.29 is 14.6 Å². The molecule has 0 unspecified atom stereocenters. The number of hydrogen-bond donors (Lipinski definition) is 1. The lowest BCUT2D eigenvalue weighted by atomic mass is 9.78. The van der Waals surface area contributed by atoms with Crippen LogP contribution < -0.4 is 4.74 Å². The van der Waals surface area contributed by atoms with Gasteiger partial charge in [0.05, 0.1) is 17.9 Å². The molecular weight excluding hydrogens is 406 g/mol. The third-order valence-electron chi connectivity index (χ3n) is 5.45. The largest absolute Gasteiger partial charge is 0.507 e. The summed E-state index contributed by atoms with van der Waals surface area (Å²) in [6.07, 6.45) is 1.96. The fourth-order valence-corrected chi connectivity index (χ4v) is 4.61. The SMILES string of the molecule is COc1ccc(CN2CSC(=Cc3cc(C(C)(C)C)c(O)c(C(C)(C)C)c3)C2=O)cc1. The molecule has 1 heterocycles. The number of amides is 1. The summed E-state index contributed by atoms with van der Waals surface area (Å²) in [6, 6.07) is 11.8. The van der Waals surface area contributed by atoms with E-state index < -0.39 is 0 Å². The smallest absolute Gasteiger partial charge is 0.261 e. The van der Waals surface area contributed by atoms with Crippen LogP contribution in [0.3, 0.4) is 0 Å². The number of rotatable bonds is 4. The Morgan fingerprint density at radius 2 is 1.58 bits per heavy atom. The third kappa shape index (κ3) is 5.27. The standard InChI is InChI=1S/C26H33NO3S/c1-25(2,3)20-12-18(13-21(23(20)28)26(4,5)6)14-22-24(29)27(16-31-22)15-17-8-10-19(30-7)11-9-17/h8-14,28H,15-16H2,1-7H3. The molecule has 1 aliphatic rings. The second-order valence-corrected chi connectivity index (χ2v) is 11.1. The molecular formula is C26H33NO3S. The average Bonchev–Trinajstić information content (AvgIpc) is 3.01. The highest BCUT2D eigenvalue weighted by molar-refractivity contribution is 8.04. The summed E-state index contributed by atoms with van der Waals surface area (Å²) in [4.78, 5) is 15.6. The van der Waals surface area contributed by atoms with Crippen molar-refractivity contribution in [3.05, 3.63) is 63.6 Å². The van der Waals surface area contributed by atoms with Crippen molar-refractivity contribution in [1.29, 1.82) is 0 Å². The van der Waals surface area contributed by atoms with Gasteiger partial charge in [0.2, 0.25) is 0 Å². The number of carbonyl (C=O) groups excluding carboxylic acids is 1. The Kier molecular flexibility index (Phi) is 6.47. The molecule has 1 fully saturated rings. The number of thioether (sulfide) groups is 1. The van der Waals surface area contributed by atoms with Gasteiger partial charge in [0.25, 0.3) is 5.91 Å². The molecule has 0 bridgehead atoms. The summed E-state index contributed by atoms with van der Waals surface area (Å²) in [5, 5.41) is 10.9. The van der Waals surface area contributed by atoms with Gasteiger partial charge in [-0.05, 0) is 52.3 Å². The zero-order valence-electron chi connectivity index (χ0n) is 19.6. The van der Waals surface area contributed by atoms with Gasteiger partial charge in [-0.2, -0.15) is 0 Å². The Labute approximate surface area is 190 Å². The molecule has 1 N–H and O–H groups in total. The zero-order chi connectivity index (χ0) is 23.0. The second-order valence-electron chi connectivity index (χ2n) is 10.1. The first-order chi connectivity index (χ1) is 14.4. The van der Waals surface area contributed by atoms with E-state index in [0.29, 0.717) is 18.2 Å². The van der Waals surface area contributed by atoms with Crippen LogP contribution in [0.25, 0.3) is 6.08 Å². The normalized spacial score (nSPS) is 16.3. The lowest BCUT2D eigenvalue weighted by Crippen LogP contribution is -2.24. The number of hydrogen-bond acceptors (Lipinski definition) is 4. The molecule has 5 heteroatoms. The maximum atomic E-state index is 13.0. The van der Waals surface area contributed by atoms with Gasteiger partial charge < -0.3 is 14.7 Å². The zero-order valence-corrected chi connectivity index (χ0v) is 20.4. The molecule has 0 saturated carbocycles. The van der Waals surface area contributed by atoms with E-state index in [1.807, 2.05) is 47.4 Å². The van der Waals surface area contributed by atoms with Crippen molar-refractivity contribution in [2.45, 2.75) is 58.9 Å². The van der Waals surface area contributed by atoms with Crippen molar-refractivity contribution >= 4 is 23.7 Å². The van der Waals surface area contributed by atoms with Crippen LogP contribution in [0.15, 0.2) is 41.3 Å². The number of methoxy groups -OCH3 is 1. The quantitative estimate of drug-likeness (QED) is 0.588. The monoisotopic (exact) mass is 439 g/mol. The van der Waals surface area contributed by atoms with Crippen molar-refractivity contribution in [3.63, 3.8) is 0 Å². The van der Waals surface area contributed by atoms with E-state index in [2.05, 4.69) is 41.5 Å². The molecule has 1 aliphatic heterocycles. The van der Waals surface area contributed by atoms with Crippen LogP contribution in [-0.4, -0.2) is 28.9 Å². The van der Waals surface area contributed by atoms with Crippen LogP contribution in [0.4, 0.5) is 0 Å². The lowest BCUT2D eigenvalue weighted by molar-refractivity contribution is -0.125. The van der Waals surface area contributed by atoms with E-state index in [1.165, 1.54) is 0 Å². The Hall–Kier alpha value is -2.40. The number of phenolic OH excluding ortho intramolecular Hbond substituents is 1. The van der Waals surface area contributed by atoms with E-state index in [9.17, 15) is 9.90 Å². The topological polar surface area (TPSA) is 49.8 Å². The molecule has 0 aromatic heterocycles. The van der Waals surface area contributed by atoms with E-state index >= 15 is 0 Å². The number of benzene rings is 2. The van der Waals surface area contributed by atoms with Gasteiger partial charge in [-0.25, -0.2) is 0 Å². The van der Waals surface area contributed by atoms with E-state index in [1.54, 1.807) is 18.9 Å². The number of nitrogens with zero attached hydrogens (tertiary/aromatic N) is 1. The van der Waals surface area contributed by atoms with Crippen LogP contribution >= 0.6 is 11.8 Å². The van der Waals surface area contributed by atoms with Crippen LogP contribution in [0.5, 0.6) is 11.5 Å². The van der Waals surface area contributed by atoms with Gasteiger partial charge in [0, 0.05) is 17.7 Å². The van der Waals surface area contributed by atoms with Crippen LogP contribution in [0.2, 0.25) is 0 Å². The first-order valence-electron chi connectivity index (χ1n) is 10.5. The molecule has 1 amide bonds. The molecule has 0 radical (unpaired) electrons. The van der Waals surface area contributed by atoms with Gasteiger partial charge >= 0.3 is 0 Å². The van der Waals surface area contributed by atoms with Crippen LogP contribution in [0, 0.1) is 0 Å². The summed E-state index contributed by atoms with van der Waals surface area (Å²) in [5.74, 6) is 1.84. The summed E-state index contributed by atoms with van der Waals surface area (Å²) >= 11 is 1.56.